The van der Waals surface area contributed by atoms with Gasteiger partial charge < -0.3 is 5.32 Å². The summed E-state index contributed by atoms with van der Waals surface area (Å²) in [6, 6.07) is 2.99. The molecule has 1 N–H and O–H groups in total. The van der Waals surface area contributed by atoms with E-state index in [9.17, 15) is 17.4 Å². The normalized spacial score (nSPS) is 17.6. The first-order valence-corrected chi connectivity index (χ1v) is 6.73. The second kappa shape index (κ2) is 4.42. The molecule has 2 nitrogen and oxygen atoms in total. The fourth-order valence-electron chi connectivity index (χ4n) is 2.09. The van der Waals surface area contributed by atoms with Crippen molar-refractivity contribution in [2.45, 2.75) is 24.0 Å². The molecule has 0 saturated carbocycles. The molecule has 0 radical (unpaired) electrons. The molecule has 0 aliphatic carbocycles. The van der Waals surface area contributed by atoms with Crippen LogP contribution in [0.5, 0.6) is 0 Å². The van der Waals surface area contributed by atoms with Gasteiger partial charge in [-0.3, -0.25) is 4.21 Å². The second-order valence-corrected chi connectivity index (χ2v) is 5.30. The Labute approximate surface area is 99.7 Å². The lowest BCUT2D eigenvalue weighted by atomic mass is 9.95. The van der Waals surface area contributed by atoms with Gasteiger partial charge in [0, 0.05) is 12.8 Å². The average Bonchev–Trinajstić information content (AvgIpc) is 2.26. The first-order valence-electron chi connectivity index (χ1n) is 5.17. The van der Waals surface area contributed by atoms with Gasteiger partial charge in [0.05, 0.1) is 21.3 Å². The minimum Gasteiger partial charge on any atom is -0.312 e. The van der Waals surface area contributed by atoms with E-state index in [1.54, 1.807) is 6.07 Å². The molecule has 0 fully saturated rings. The number of benzene rings is 1. The second-order valence-electron chi connectivity index (χ2n) is 3.96. The van der Waals surface area contributed by atoms with E-state index >= 15 is 0 Å². The van der Waals surface area contributed by atoms with Crippen molar-refractivity contribution in [3.8, 4) is 0 Å². The fourth-order valence-corrected chi connectivity index (χ4v) is 2.88. The van der Waals surface area contributed by atoms with Crippen molar-refractivity contribution >= 4 is 10.8 Å². The smallest absolute Gasteiger partial charge is 0.312 e. The molecule has 1 heterocycles. The zero-order valence-corrected chi connectivity index (χ0v) is 10.0. The van der Waals surface area contributed by atoms with E-state index in [-0.39, 0.29) is 17.0 Å². The van der Waals surface area contributed by atoms with Gasteiger partial charge in [-0.25, -0.2) is 0 Å². The van der Waals surface area contributed by atoms with Crippen LogP contribution in [0.2, 0.25) is 0 Å². The van der Waals surface area contributed by atoms with Gasteiger partial charge in [0.2, 0.25) is 0 Å². The highest BCUT2D eigenvalue weighted by atomic mass is 32.2. The Hall–Kier alpha value is -0.880. The number of nitrogens with one attached hydrogen (secondary N) is 1. The van der Waals surface area contributed by atoms with Crippen molar-refractivity contribution in [2.75, 3.05) is 12.8 Å². The maximum atomic E-state index is 13.0. The van der Waals surface area contributed by atoms with Crippen LogP contribution in [-0.2, 0) is 29.9 Å². The molecule has 1 aromatic carbocycles. The molecular weight excluding hydrogens is 251 g/mol. The highest BCUT2D eigenvalue weighted by molar-refractivity contribution is 7.84. The Balaban J connectivity index is 2.68. The topological polar surface area (TPSA) is 29.1 Å². The fraction of sp³-hybridized carbons (Fsp3) is 0.455. The molecule has 1 unspecified atom stereocenters. The molecule has 0 amide bonds. The number of hydrogen-bond acceptors (Lipinski definition) is 2. The van der Waals surface area contributed by atoms with Crippen molar-refractivity contribution in [1.82, 2.24) is 5.32 Å². The molecule has 17 heavy (non-hydrogen) atoms. The standard InChI is InChI=1S/C11H12F3NOS/c1-17(16)9-3-2-7-4-5-15-6-8(7)10(9)11(12,13)14/h2-3,15H,4-6H2,1H3. The van der Waals surface area contributed by atoms with Gasteiger partial charge in [-0.15, -0.1) is 0 Å². The molecule has 0 saturated heterocycles. The van der Waals surface area contributed by atoms with Crippen LogP contribution in [0.3, 0.4) is 0 Å². The van der Waals surface area contributed by atoms with E-state index in [1.807, 2.05) is 0 Å². The van der Waals surface area contributed by atoms with Crippen LogP contribution in [0.15, 0.2) is 17.0 Å². The molecule has 1 aliphatic rings. The molecule has 1 aromatic rings. The number of halogens is 3. The van der Waals surface area contributed by atoms with E-state index in [0.29, 0.717) is 18.5 Å². The Morgan fingerprint density at radius 3 is 2.65 bits per heavy atom. The predicted molar refractivity (Wildman–Crippen MR) is 59.2 cm³/mol. The van der Waals surface area contributed by atoms with Gasteiger partial charge in [0.25, 0.3) is 0 Å². The summed E-state index contributed by atoms with van der Waals surface area (Å²) >= 11 is 0. The van der Waals surface area contributed by atoms with Crippen LogP contribution < -0.4 is 5.32 Å². The highest BCUT2D eigenvalue weighted by Crippen LogP contribution is 2.38. The van der Waals surface area contributed by atoms with Crippen LogP contribution in [0, 0.1) is 0 Å². The lowest BCUT2D eigenvalue weighted by Crippen LogP contribution is -2.27. The summed E-state index contributed by atoms with van der Waals surface area (Å²) in [5.74, 6) is 0. The van der Waals surface area contributed by atoms with Gasteiger partial charge in [0.1, 0.15) is 0 Å². The first kappa shape index (κ1) is 12.6. The third-order valence-electron chi connectivity index (χ3n) is 2.84. The monoisotopic (exact) mass is 263 g/mol. The zero-order valence-electron chi connectivity index (χ0n) is 9.23. The van der Waals surface area contributed by atoms with E-state index in [4.69, 9.17) is 0 Å². The summed E-state index contributed by atoms with van der Waals surface area (Å²) in [7, 11) is -1.63. The third kappa shape index (κ3) is 2.37. The van der Waals surface area contributed by atoms with Gasteiger partial charge in [-0.1, -0.05) is 6.07 Å². The Morgan fingerprint density at radius 2 is 2.06 bits per heavy atom. The minimum atomic E-state index is -4.45. The van der Waals surface area contributed by atoms with Crippen molar-refractivity contribution in [3.63, 3.8) is 0 Å². The SMILES string of the molecule is CS(=O)c1ccc2c(c1C(F)(F)F)CNCC2. The molecule has 0 aromatic heterocycles. The van der Waals surface area contributed by atoms with E-state index in [0.717, 1.165) is 0 Å². The van der Waals surface area contributed by atoms with Gasteiger partial charge in [0.15, 0.2) is 0 Å². The minimum absolute atomic E-state index is 0.125. The zero-order chi connectivity index (χ0) is 12.6. The van der Waals surface area contributed by atoms with Crippen LogP contribution in [0.4, 0.5) is 13.2 Å². The third-order valence-corrected chi connectivity index (χ3v) is 3.80. The van der Waals surface area contributed by atoms with E-state index in [1.165, 1.54) is 12.3 Å². The Kier molecular flexibility index (Phi) is 3.27. The number of rotatable bonds is 1. The maximum absolute atomic E-state index is 13.0. The Bertz CT molecular complexity index is 471. The highest BCUT2D eigenvalue weighted by Gasteiger charge is 2.38. The Morgan fingerprint density at radius 1 is 1.35 bits per heavy atom. The number of fused-ring (bicyclic) bond motifs is 1. The van der Waals surface area contributed by atoms with Crippen molar-refractivity contribution < 1.29 is 17.4 Å². The van der Waals surface area contributed by atoms with Gasteiger partial charge in [-0.2, -0.15) is 13.2 Å². The van der Waals surface area contributed by atoms with Crippen LogP contribution in [0.1, 0.15) is 16.7 Å². The predicted octanol–water partition coefficient (Wildman–Crippen LogP) is 2.09. The number of alkyl halides is 3. The van der Waals surface area contributed by atoms with Crippen LogP contribution >= 0.6 is 0 Å². The summed E-state index contributed by atoms with van der Waals surface area (Å²) in [6.45, 7) is 0.869. The van der Waals surface area contributed by atoms with Gasteiger partial charge in [-0.05, 0) is 30.2 Å². The molecule has 6 heteroatoms. The van der Waals surface area contributed by atoms with Crippen molar-refractivity contribution in [1.29, 1.82) is 0 Å². The quantitative estimate of drug-likeness (QED) is 0.840. The van der Waals surface area contributed by atoms with Crippen LogP contribution in [0.25, 0.3) is 0 Å². The summed E-state index contributed by atoms with van der Waals surface area (Å²) < 4.78 is 50.5. The first-order chi connectivity index (χ1) is 7.91. The average molecular weight is 263 g/mol. The molecular formula is C11H12F3NOS. The van der Waals surface area contributed by atoms with Gasteiger partial charge >= 0.3 is 6.18 Å². The van der Waals surface area contributed by atoms with E-state index < -0.39 is 22.5 Å². The van der Waals surface area contributed by atoms with Crippen molar-refractivity contribution in [3.05, 3.63) is 28.8 Å². The maximum Gasteiger partial charge on any atom is 0.417 e. The lowest BCUT2D eigenvalue weighted by molar-refractivity contribution is -0.140. The largest absolute Gasteiger partial charge is 0.417 e. The summed E-state index contributed by atoms with van der Waals surface area (Å²) in [5, 5.41) is 2.92. The summed E-state index contributed by atoms with van der Waals surface area (Å²) in [6.07, 6.45) is -2.60. The van der Waals surface area contributed by atoms with E-state index in [2.05, 4.69) is 5.32 Å². The molecule has 94 valence electrons. The lowest BCUT2D eigenvalue weighted by Gasteiger charge is -2.23. The molecule has 2 rings (SSSR count). The number of hydrogen-bond donors (Lipinski definition) is 1. The molecule has 0 bridgehead atoms. The summed E-state index contributed by atoms with van der Waals surface area (Å²) in [4.78, 5) is -0.125. The molecule has 1 atom stereocenters. The van der Waals surface area contributed by atoms with Crippen molar-refractivity contribution in [2.24, 2.45) is 0 Å². The molecule has 0 spiro atoms. The van der Waals surface area contributed by atoms with Crippen LogP contribution in [-0.4, -0.2) is 17.0 Å². The molecule has 1 aliphatic heterocycles. The summed E-state index contributed by atoms with van der Waals surface area (Å²) in [5.41, 5.74) is 0.227.